The maximum absolute atomic E-state index is 11.5. The summed E-state index contributed by atoms with van der Waals surface area (Å²) in [5.41, 5.74) is 5.65. The molecule has 1 rings (SSSR count). The van der Waals surface area contributed by atoms with Gasteiger partial charge in [0.25, 0.3) is 5.56 Å². The van der Waals surface area contributed by atoms with Crippen molar-refractivity contribution in [1.82, 2.24) is 9.13 Å². The first-order chi connectivity index (χ1) is 6.37. The second kappa shape index (κ2) is 3.32. The summed E-state index contributed by atoms with van der Waals surface area (Å²) < 4.78 is 2.43. The smallest absolute Gasteiger partial charge is 0.330 e. The van der Waals surface area contributed by atoms with E-state index in [1.165, 1.54) is 11.6 Å². The van der Waals surface area contributed by atoms with Crippen molar-refractivity contribution in [3.63, 3.8) is 0 Å². The van der Waals surface area contributed by atoms with Crippen LogP contribution in [0.5, 0.6) is 0 Å². The molecule has 5 nitrogen and oxygen atoms in total. The van der Waals surface area contributed by atoms with Crippen LogP contribution in [0.25, 0.3) is 0 Å². The fourth-order valence-corrected chi connectivity index (χ4v) is 1.58. The Labute approximate surface area is 81.8 Å². The molecule has 0 atom stereocenters. The number of hydrogen-bond donors (Lipinski definition) is 1. The van der Waals surface area contributed by atoms with Crippen LogP contribution in [0.1, 0.15) is 25.5 Å². The normalized spacial score (nSPS) is 10.9. The van der Waals surface area contributed by atoms with E-state index in [9.17, 15) is 9.59 Å². The molecule has 0 bridgehead atoms. The van der Waals surface area contributed by atoms with Gasteiger partial charge in [-0.3, -0.25) is 13.9 Å². The van der Waals surface area contributed by atoms with Gasteiger partial charge in [-0.05, 0) is 5.92 Å². The predicted molar refractivity (Wildman–Crippen MR) is 55.4 cm³/mol. The molecule has 14 heavy (non-hydrogen) atoms. The second-order valence-corrected chi connectivity index (χ2v) is 3.66. The molecule has 0 spiro atoms. The van der Waals surface area contributed by atoms with Gasteiger partial charge in [-0.2, -0.15) is 0 Å². The summed E-state index contributed by atoms with van der Waals surface area (Å²) in [6.07, 6.45) is 0. The van der Waals surface area contributed by atoms with Gasteiger partial charge < -0.3 is 5.73 Å². The quantitative estimate of drug-likeness (QED) is 0.677. The highest BCUT2D eigenvalue weighted by Crippen LogP contribution is 2.15. The van der Waals surface area contributed by atoms with E-state index < -0.39 is 5.56 Å². The monoisotopic (exact) mass is 197 g/mol. The highest BCUT2D eigenvalue weighted by molar-refractivity contribution is 5.42. The van der Waals surface area contributed by atoms with Crippen LogP contribution in [0.4, 0.5) is 5.69 Å². The average molecular weight is 197 g/mol. The number of rotatable bonds is 1. The number of nitrogens with two attached hydrogens (primary N) is 1. The number of nitrogen functional groups attached to an aromatic ring is 1. The standard InChI is InChI=1S/C9H15N3O2/c1-5(2)7-6(10)8(13)12(4)9(14)11(7)3/h5H,10H2,1-4H3. The third-order valence-electron chi connectivity index (χ3n) is 2.29. The molecule has 0 saturated carbocycles. The molecule has 0 aromatic carbocycles. The van der Waals surface area contributed by atoms with Crippen molar-refractivity contribution in [2.24, 2.45) is 14.1 Å². The lowest BCUT2D eigenvalue weighted by molar-refractivity contribution is 0.629. The third kappa shape index (κ3) is 1.34. The molecule has 2 N–H and O–H groups in total. The van der Waals surface area contributed by atoms with Crippen LogP contribution >= 0.6 is 0 Å². The molecule has 0 radical (unpaired) electrons. The van der Waals surface area contributed by atoms with E-state index in [0.29, 0.717) is 5.69 Å². The lowest BCUT2D eigenvalue weighted by atomic mass is 10.1. The Balaban J connectivity index is 3.78. The number of aromatic nitrogens is 2. The Morgan fingerprint density at radius 3 is 2.07 bits per heavy atom. The minimum atomic E-state index is -0.420. The molecular weight excluding hydrogens is 182 g/mol. The Hall–Kier alpha value is -1.52. The van der Waals surface area contributed by atoms with Gasteiger partial charge in [0.2, 0.25) is 0 Å². The Morgan fingerprint density at radius 2 is 1.64 bits per heavy atom. The highest BCUT2D eigenvalue weighted by atomic mass is 16.2. The summed E-state index contributed by atoms with van der Waals surface area (Å²) >= 11 is 0. The second-order valence-electron chi connectivity index (χ2n) is 3.66. The summed E-state index contributed by atoms with van der Waals surface area (Å²) in [7, 11) is 3.04. The summed E-state index contributed by atoms with van der Waals surface area (Å²) in [6, 6.07) is 0. The fraction of sp³-hybridized carbons (Fsp3) is 0.556. The van der Waals surface area contributed by atoms with Crippen molar-refractivity contribution in [3.05, 3.63) is 26.5 Å². The first-order valence-electron chi connectivity index (χ1n) is 4.43. The summed E-state index contributed by atoms with van der Waals surface area (Å²) in [6.45, 7) is 3.79. The van der Waals surface area contributed by atoms with Crippen molar-refractivity contribution < 1.29 is 0 Å². The van der Waals surface area contributed by atoms with Crippen LogP contribution < -0.4 is 17.0 Å². The maximum atomic E-state index is 11.5. The van der Waals surface area contributed by atoms with Crippen molar-refractivity contribution >= 4 is 5.69 Å². The molecule has 0 fully saturated rings. The summed E-state index contributed by atoms with van der Waals surface area (Å²) in [4.78, 5) is 23.0. The Kier molecular flexibility index (Phi) is 2.51. The van der Waals surface area contributed by atoms with Crippen molar-refractivity contribution in [2.75, 3.05) is 5.73 Å². The summed E-state index contributed by atoms with van der Waals surface area (Å²) in [5, 5.41) is 0. The topological polar surface area (TPSA) is 70.0 Å². The van der Waals surface area contributed by atoms with Gasteiger partial charge in [-0.25, -0.2) is 4.79 Å². The van der Waals surface area contributed by atoms with E-state index in [2.05, 4.69) is 0 Å². The van der Waals surface area contributed by atoms with Crippen molar-refractivity contribution in [2.45, 2.75) is 19.8 Å². The maximum Gasteiger partial charge on any atom is 0.330 e. The van der Waals surface area contributed by atoms with Crippen LogP contribution in [-0.2, 0) is 14.1 Å². The SMILES string of the molecule is CC(C)c1c(N)c(=O)n(C)c(=O)n1C. The molecule has 0 aliphatic rings. The minimum absolute atomic E-state index is 0.0570. The fourth-order valence-electron chi connectivity index (χ4n) is 1.58. The molecule has 1 aromatic heterocycles. The Bertz CT molecular complexity index is 431. The van der Waals surface area contributed by atoms with Crippen LogP contribution in [0, 0.1) is 0 Å². The van der Waals surface area contributed by atoms with E-state index >= 15 is 0 Å². The van der Waals surface area contributed by atoms with E-state index in [1.807, 2.05) is 13.8 Å². The molecule has 1 heterocycles. The Morgan fingerprint density at radius 1 is 1.14 bits per heavy atom. The van der Waals surface area contributed by atoms with E-state index in [-0.39, 0.29) is 17.3 Å². The van der Waals surface area contributed by atoms with Gasteiger partial charge in [0, 0.05) is 14.1 Å². The average Bonchev–Trinajstić information content (AvgIpc) is 2.11. The first kappa shape index (κ1) is 10.6. The van der Waals surface area contributed by atoms with E-state index in [0.717, 1.165) is 4.57 Å². The zero-order valence-corrected chi connectivity index (χ0v) is 8.87. The van der Waals surface area contributed by atoms with Gasteiger partial charge in [0.15, 0.2) is 0 Å². The molecule has 0 aliphatic heterocycles. The van der Waals surface area contributed by atoms with Gasteiger partial charge in [0.05, 0.1) is 5.69 Å². The van der Waals surface area contributed by atoms with E-state index in [4.69, 9.17) is 5.73 Å². The highest BCUT2D eigenvalue weighted by Gasteiger charge is 2.14. The third-order valence-corrected chi connectivity index (χ3v) is 2.29. The summed E-state index contributed by atoms with van der Waals surface area (Å²) in [5.74, 6) is 0.0570. The van der Waals surface area contributed by atoms with Gasteiger partial charge in [-0.15, -0.1) is 0 Å². The lowest BCUT2D eigenvalue weighted by Gasteiger charge is -2.14. The van der Waals surface area contributed by atoms with Crippen LogP contribution in [0.3, 0.4) is 0 Å². The van der Waals surface area contributed by atoms with Crippen LogP contribution in [0.2, 0.25) is 0 Å². The molecular formula is C9H15N3O2. The zero-order valence-electron chi connectivity index (χ0n) is 8.87. The van der Waals surface area contributed by atoms with Gasteiger partial charge in [0.1, 0.15) is 5.69 Å². The van der Waals surface area contributed by atoms with E-state index in [1.54, 1.807) is 7.05 Å². The van der Waals surface area contributed by atoms with Crippen molar-refractivity contribution in [1.29, 1.82) is 0 Å². The molecule has 0 unspecified atom stereocenters. The predicted octanol–water partition coefficient (Wildman–Crippen LogP) is -0.210. The minimum Gasteiger partial charge on any atom is -0.393 e. The molecule has 78 valence electrons. The molecule has 0 aliphatic carbocycles. The zero-order chi connectivity index (χ0) is 11.0. The number of hydrogen-bond acceptors (Lipinski definition) is 3. The van der Waals surface area contributed by atoms with Crippen LogP contribution in [0.15, 0.2) is 9.59 Å². The number of anilines is 1. The number of nitrogens with zero attached hydrogens (tertiary/aromatic N) is 2. The van der Waals surface area contributed by atoms with Crippen LogP contribution in [-0.4, -0.2) is 9.13 Å². The van der Waals surface area contributed by atoms with Gasteiger partial charge in [-0.1, -0.05) is 13.8 Å². The molecule has 5 heteroatoms. The molecule has 1 aromatic rings. The molecule has 0 saturated heterocycles. The van der Waals surface area contributed by atoms with Crippen molar-refractivity contribution in [3.8, 4) is 0 Å². The van der Waals surface area contributed by atoms with Gasteiger partial charge >= 0.3 is 5.69 Å². The lowest BCUT2D eigenvalue weighted by Crippen LogP contribution is -2.40. The first-order valence-corrected chi connectivity index (χ1v) is 4.43. The largest absolute Gasteiger partial charge is 0.393 e. The molecule has 0 amide bonds.